The maximum atomic E-state index is 6.03. The highest BCUT2D eigenvalue weighted by atomic mass is 28.2. The average Bonchev–Trinajstić information content (AvgIpc) is 2.74. The Balaban J connectivity index is 2.67. The monoisotopic (exact) mass is 450 g/mol. The predicted molar refractivity (Wildman–Crippen MR) is 128 cm³/mol. The molecule has 1 rings (SSSR count). The predicted octanol–water partition coefficient (Wildman–Crippen LogP) is 4.18. The van der Waals surface area contributed by atoms with Crippen molar-refractivity contribution in [3.05, 3.63) is 24.3 Å². The van der Waals surface area contributed by atoms with Crippen LogP contribution >= 0.6 is 0 Å². The Kier molecular flexibility index (Phi) is 17.6. The van der Waals surface area contributed by atoms with Crippen LogP contribution in [0.15, 0.2) is 24.3 Å². The molecule has 4 radical (unpaired) electrons. The molecular weight excluding hydrogens is 408 g/mol. The quantitative estimate of drug-likeness (QED) is 0.170. The van der Waals surface area contributed by atoms with Crippen molar-refractivity contribution in [1.29, 1.82) is 0 Å². The molecular formula is C24H42O4Si2. The second-order valence-corrected chi connectivity index (χ2v) is 10.1. The summed E-state index contributed by atoms with van der Waals surface area (Å²) in [5, 5.41) is 2.55. The van der Waals surface area contributed by atoms with E-state index in [1.54, 1.807) is 0 Å². The fourth-order valence-electron chi connectivity index (χ4n) is 2.57. The van der Waals surface area contributed by atoms with Gasteiger partial charge in [0, 0.05) is 26.4 Å². The van der Waals surface area contributed by atoms with Crippen LogP contribution in [0.2, 0.25) is 0 Å². The van der Waals surface area contributed by atoms with Gasteiger partial charge in [-0.1, -0.05) is 88.0 Å². The Morgan fingerprint density at radius 3 is 1.23 bits per heavy atom. The van der Waals surface area contributed by atoms with E-state index in [9.17, 15) is 0 Å². The second-order valence-electron chi connectivity index (χ2n) is 7.43. The Labute approximate surface area is 190 Å². The smallest absolute Gasteiger partial charge is 0.157 e. The van der Waals surface area contributed by atoms with Gasteiger partial charge in [0.1, 0.15) is 11.8 Å². The van der Waals surface area contributed by atoms with Crippen molar-refractivity contribution in [1.82, 2.24) is 0 Å². The molecule has 0 aliphatic rings. The van der Waals surface area contributed by atoms with E-state index in [1.807, 2.05) is 0 Å². The molecule has 0 unspecified atom stereocenters. The summed E-state index contributed by atoms with van der Waals surface area (Å²) >= 11 is 0. The maximum Gasteiger partial charge on any atom is 0.157 e. The van der Waals surface area contributed by atoms with Crippen LogP contribution in [0.1, 0.15) is 79.1 Å². The molecule has 4 nitrogen and oxygen atoms in total. The van der Waals surface area contributed by atoms with Crippen LogP contribution < -0.4 is 10.4 Å². The highest BCUT2D eigenvalue weighted by Gasteiger charge is 2.15. The van der Waals surface area contributed by atoms with Gasteiger partial charge in [-0.25, -0.2) is 0 Å². The van der Waals surface area contributed by atoms with Gasteiger partial charge >= 0.3 is 0 Å². The fourth-order valence-corrected chi connectivity index (χ4v) is 4.93. The van der Waals surface area contributed by atoms with E-state index in [1.165, 1.54) is 10.4 Å². The lowest BCUT2D eigenvalue weighted by Gasteiger charge is -2.20. The summed E-state index contributed by atoms with van der Waals surface area (Å²) in [6.07, 6.45) is 8.85. The highest BCUT2D eigenvalue weighted by Crippen LogP contribution is 2.02. The summed E-state index contributed by atoms with van der Waals surface area (Å²) in [5.41, 5.74) is 0. The molecule has 0 saturated heterocycles. The SMILES string of the molecule is CCCCOC(OCCCC)[Si]c1cccc([Si]C(OCCCC)OCCCC)c1. The van der Waals surface area contributed by atoms with E-state index < -0.39 is 0 Å². The summed E-state index contributed by atoms with van der Waals surface area (Å²) in [7, 11) is 0.983. The van der Waals surface area contributed by atoms with Crippen LogP contribution in [0.4, 0.5) is 0 Å². The lowest BCUT2D eigenvalue weighted by molar-refractivity contribution is -0.0912. The Hall–Kier alpha value is -0.506. The van der Waals surface area contributed by atoms with E-state index in [0.29, 0.717) is 19.0 Å². The van der Waals surface area contributed by atoms with Crippen molar-refractivity contribution < 1.29 is 18.9 Å². The molecule has 1 aromatic rings. The second kappa shape index (κ2) is 19.2. The first kappa shape index (κ1) is 27.5. The van der Waals surface area contributed by atoms with Crippen molar-refractivity contribution in [3.63, 3.8) is 0 Å². The summed E-state index contributed by atoms with van der Waals surface area (Å²) in [4.78, 5) is 0. The van der Waals surface area contributed by atoms with Crippen molar-refractivity contribution in [2.45, 2.75) is 90.9 Å². The minimum atomic E-state index is -0.140. The molecule has 170 valence electrons. The summed E-state index contributed by atoms with van der Waals surface area (Å²) < 4.78 is 24.1. The van der Waals surface area contributed by atoms with Crippen LogP contribution in [0.25, 0.3) is 0 Å². The lowest BCUT2D eigenvalue weighted by atomic mass is 10.4. The van der Waals surface area contributed by atoms with Gasteiger partial charge in [0.2, 0.25) is 0 Å². The maximum absolute atomic E-state index is 6.03. The minimum Gasteiger partial charge on any atom is -0.357 e. The van der Waals surface area contributed by atoms with Crippen LogP contribution in [-0.2, 0) is 18.9 Å². The lowest BCUT2D eigenvalue weighted by Crippen LogP contribution is -2.38. The minimum absolute atomic E-state index is 0.140. The van der Waals surface area contributed by atoms with Crippen molar-refractivity contribution in [2.75, 3.05) is 26.4 Å². The van der Waals surface area contributed by atoms with E-state index >= 15 is 0 Å². The summed E-state index contributed by atoms with van der Waals surface area (Å²) in [6.45, 7) is 11.8. The summed E-state index contributed by atoms with van der Waals surface area (Å²) in [5.74, 6) is -0.279. The zero-order chi connectivity index (χ0) is 21.9. The largest absolute Gasteiger partial charge is 0.357 e. The molecule has 0 aromatic heterocycles. The Bertz CT molecular complexity index is 454. The molecule has 0 aliphatic heterocycles. The molecule has 0 atom stereocenters. The molecule has 0 fully saturated rings. The summed E-state index contributed by atoms with van der Waals surface area (Å²) in [6, 6.07) is 8.76. The van der Waals surface area contributed by atoms with Crippen LogP contribution in [0.3, 0.4) is 0 Å². The number of rotatable bonds is 20. The average molecular weight is 451 g/mol. The molecule has 0 bridgehead atoms. The number of hydrogen-bond acceptors (Lipinski definition) is 4. The van der Waals surface area contributed by atoms with Gasteiger partial charge in [0.15, 0.2) is 19.0 Å². The van der Waals surface area contributed by atoms with Gasteiger partial charge in [-0.15, -0.1) is 0 Å². The van der Waals surface area contributed by atoms with E-state index in [2.05, 4.69) is 52.0 Å². The first-order valence-electron chi connectivity index (χ1n) is 11.8. The van der Waals surface area contributed by atoms with Gasteiger partial charge in [0.05, 0.1) is 0 Å². The van der Waals surface area contributed by atoms with Crippen LogP contribution in [0.5, 0.6) is 0 Å². The van der Waals surface area contributed by atoms with E-state index in [0.717, 1.165) is 77.8 Å². The van der Waals surface area contributed by atoms with Gasteiger partial charge in [-0.3, -0.25) is 0 Å². The highest BCUT2D eigenvalue weighted by molar-refractivity contribution is 6.58. The van der Waals surface area contributed by atoms with Gasteiger partial charge in [0.25, 0.3) is 0 Å². The Morgan fingerprint density at radius 1 is 0.600 bits per heavy atom. The normalized spacial score (nSPS) is 11.7. The third kappa shape index (κ3) is 13.7. The van der Waals surface area contributed by atoms with Gasteiger partial charge < -0.3 is 18.9 Å². The number of ether oxygens (including phenoxy) is 4. The first-order valence-corrected chi connectivity index (χ1v) is 14.0. The van der Waals surface area contributed by atoms with Crippen molar-refractivity contribution in [2.24, 2.45) is 0 Å². The zero-order valence-electron chi connectivity index (χ0n) is 19.6. The molecule has 0 heterocycles. The first-order chi connectivity index (χ1) is 14.7. The molecule has 1 aromatic carbocycles. The van der Waals surface area contributed by atoms with Gasteiger partial charge in [-0.05, 0) is 25.7 Å². The standard InChI is InChI=1S/C24H42O4Si2/c1-5-9-16-25-23(26-17-10-6-2)29-21-14-13-15-22(20-21)30-24(27-18-11-7-3)28-19-12-8-4/h13-15,20,23-24H,5-12,16-19H2,1-4H3. The molecule has 0 saturated carbocycles. The van der Waals surface area contributed by atoms with E-state index in [-0.39, 0.29) is 11.8 Å². The molecule has 6 heteroatoms. The number of hydrogen-bond donors (Lipinski definition) is 0. The molecule has 0 N–H and O–H groups in total. The molecule has 0 amide bonds. The fraction of sp³-hybridized carbons (Fsp3) is 0.750. The van der Waals surface area contributed by atoms with Gasteiger partial charge in [-0.2, -0.15) is 0 Å². The van der Waals surface area contributed by atoms with Crippen LogP contribution in [0, 0.1) is 0 Å². The topological polar surface area (TPSA) is 36.9 Å². The Morgan fingerprint density at radius 2 is 0.933 bits per heavy atom. The molecule has 0 aliphatic carbocycles. The van der Waals surface area contributed by atoms with Crippen molar-refractivity contribution in [3.8, 4) is 0 Å². The number of unbranched alkanes of at least 4 members (excludes halogenated alkanes) is 4. The van der Waals surface area contributed by atoms with Crippen molar-refractivity contribution >= 4 is 29.4 Å². The van der Waals surface area contributed by atoms with E-state index in [4.69, 9.17) is 18.9 Å². The third-order valence-electron chi connectivity index (χ3n) is 4.50. The van der Waals surface area contributed by atoms with Crippen LogP contribution in [-0.4, -0.2) is 57.3 Å². The third-order valence-corrected chi connectivity index (χ3v) is 6.93. The number of benzene rings is 1. The zero-order valence-corrected chi connectivity index (χ0v) is 21.6. The molecule has 0 spiro atoms. The molecule has 30 heavy (non-hydrogen) atoms.